The van der Waals surface area contributed by atoms with Crippen LogP contribution in [0.25, 0.3) is 0 Å². The van der Waals surface area contributed by atoms with Crippen LogP contribution in [0.5, 0.6) is 0 Å². The molecule has 2 nitrogen and oxygen atoms in total. The minimum Gasteiger partial charge on any atom is -0.389 e. The maximum absolute atomic E-state index is 9.46. The molecule has 1 rings (SSSR count). The van der Waals surface area contributed by atoms with Crippen LogP contribution in [0.15, 0.2) is 24.3 Å². The Bertz CT molecular complexity index is 323. The summed E-state index contributed by atoms with van der Waals surface area (Å²) in [5.74, 6) is 1.19. The molecule has 0 amide bonds. The van der Waals surface area contributed by atoms with Gasteiger partial charge in [-0.1, -0.05) is 12.1 Å². The molecule has 1 aromatic rings. The predicted octanol–water partition coefficient (Wildman–Crippen LogP) is 3.32. The zero-order valence-corrected chi connectivity index (χ0v) is 12.0. The lowest BCUT2D eigenvalue weighted by Gasteiger charge is -2.27. The topological polar surface area (TPSA) is 23.5 Å². The van der Waals surface area contributed by atoms with Crippen molar-refractivity contribution in [2.24, 2.45) is 0 Å². The van der Waals surface area contributed by atoms with Crippen molar-refractivity contribution in [3.8, 4) is 0 Å². The zero-order chi connectivity index (χ0) is 12.8. The molecule has 0 aromatic heterocycles. The van der Waals surface area contributed by atoms with E-state index in [0.29, 0.717) is 6.04 Å². The largest absolute Gasteiger partial charge is 0.389 e. The number of hydrogen-bond donors (Lipinski definition) is 1. The smallest absolute Gasteiger partial charge is 0.0761 e. The summed E-state index contributed by atoms with van der Waals surface area (Å²) in [5, 5.41) is 9.46. The van der Waals surface area contributed by atoms with Gasteiger partial charge in [0, 0.05) is 18.8 Å². The zero-order valence-electron chi connectivity index (χ0n) is 11.2. The lowest BCUT2D eigenvalue weighted by atomic mass is 10.1. The molecule has 0 saturated heterocycles. The first-order chi connectivity index (χ1) is 8.06. The van der Waals surface area contributed by atoms with E-state index in [1.807, 2.05) is 23.9 Å². The van der Waals surface area contributed by atoms with Crippen molar-refractivity contribution in [3.05, 3.63) is 29.8 Å². The highest BCUT2D eigenvalue weighted by atomic mass is 32.2. The van der Waals surface area contributed by atoms with Crippen LogP contribution in [-0.2, 0) is 0 Å². The average molecular weight is 253 g/mol. The van der Waals surface area contributed by atoms with Crippen LogP contribution in [0, 0.1) is 0 Å². The second kappa shape index (κ2) is 6.92. The van der Waals surface area contributed by atoms with Crippen LogP contribution in [0.4, 0.5) is 5.69 Å². The predicted molar refractivity (Wildman–Crippen MR) is 77.9 cm³/mol. The monoisotopic (exact) mass is 253 g/mol. The van der Waals surface area contributed by atoms with Crippen molar-refractivity contribution < 1.29 is 5.11 Å². The molecule has 0 aliphatic heterocycles. The van der Waals surface area contributed by atoms with Crippen LogP contribution >= 0.6 is 11.8 Å². The molecule has 0 heterocycles. The summed E-state index contributed by atoms with van der Waals surface area (Å²) < 4.78 is 0. The van der Waals surface area contributed by atoms with Gasteiger partial charge in [0.15, 0.2) is 0 Å². The number of aliphatic hydroxyl groups is 1. The van der Waals surface area contributed by atoms with Gasteiger partial charge < -0.3 is 10.0 Å². The van der Waals surface area contributed by atoms with Gasteiger partial charge in [0.1, 0.15) is 0 Å². The Morgan fingerprint density at radius 2 is 1.82 bits per heavy atom. The molecule has 0 radical (unpaired) electrons. The molecule has 0 aliphatic carbocycles. The fourth-order valence-corrected chi connectivity index (χ4v) is 2.30. The highest BCUT2D eigenvalue weighted by molar-refractivity contribution is 7.98. The third-order valence-electron chi connectivity index (χ3n) is 3.18. The maximum atomic E-state index is 9.46. The average Bonchev–Trinajstić information content (AvgIpc) is 2.35. The Balaban J connectivity index is 2.65. The van der Waals surface area contributed by atoms with Crippen molar-refractivity contribution in [1.82, 2.24) is 0 Å². The van der Waals surface area contributed by atoms with Gasteiger partial charge in [-0.25, -0.2) is 0 Å². The van der Waals surface area contributed by atoms with Gasteiger partial charge in [-0.2, -0.15) is 11.8 Å². The Morgan fingerprint density at radius 1 is 1.24 bits per heavy atom. The third-order valence-corrected chi connectivity index (χ3v) is 3.83. The van der Waals surface area contributed by atoms with E-state index in [4.69, 9.17) is 0 Å². The van der Waals surface area contributed by atoms with E-state index in [1.54, 1.807) is 6.92 Å². The summed E-state index contributed by atoms with van der Waals surface area (Å²) in [6.45, 7) is 4.04. The number of nitrogens with zero attached hydrogens (tertiary/aromatic N) is 1. The molecule has 0 aliphatic rings. The van der Waals surface area contributed by atoms with E-state index in [2.05, 4.69) is 37.3 Å². The molecular weight excluding hydrogens is 230 g/mol. The maximum Gasteiger partial charge on any atom is 0.0761 e. The van der Waals surface area contributed by atoms with Crippen molar-refractivity contribution in [3.63, 3.8) is 0 Å². The number of hydrogen-bond acceptors (Lipinski definition) is 3. The van der Waals surface area contributed by atoms with Crippen LogP contribution in [0.2, 0.25) is 0 Å². The second-order valence-corrected chi connectivity index (χ2v) is 5.49. The molecule has 0 fully saturated rings. The van der Waals surface area contributed by atoms with Crippen LogP contribution in [0.3, 0.4) is 0 Å². The Kier molecular flexibility index (Phi) is 5.86. The van der Waals surface area contributed by atoms with Crippen LogP contribution in [0.1, 0.15) is 31.9 Å². The molecule has 96 valence electrons. The van der Waals surface area contributed by atoms with E-state index < -0.39 is 0 Å². The van der Waals surface area contributed by atoms with E-state index in [0.717, 1.165) is 5.56 Å². The molecule has 17 heavy (non-hydrogen) atoms. The van der Waals surface area contributed by atoms with Gasteiger partial charge >= 0.3 is 0 Å². The fraction of sp³-hybridized carbons (Fsp3) is 0.571. The molecule has 1 N–H and O–H groups in total. The Morgan fingerprint density at radius 3 is 2.29 bits per heavy atom. The molecule has 0 spiro atoms. The summed E-state index contributed by atoms with van der Waals surface area (Å²) >= 11 is 1.89. The lowest BCUT2D eigenvalue weighted by molar-refractivity contribution is 0.199. The minimum absolute atomic E-state index is 0.386. The normalized spacial score (nSPS) is 14.4. The molecule has 0 bridgehead atoms. The first kappa shape index (κ1) is 14.4. The third kappa shape index (κ3) is 4.25. The van der Waals surface area contributed by atoms with Gasteiger partial charge in [0.25, 0.3) is 0 Å². The molecule has 2 atom stereocenters. The summed E-state index contributed by atoms with van der Waals surface area (Å²) in [7, 11) is 2.13. The van der Waals surface area contributed by atoms with E-state index in [1.165, 1.54) is 17.9 Å². The highest BCUT2D eigenvalue weighted by Gasteiger charge is 2.10. The summed E-state index contributed by atoms with van der Waals surface area (Å²) in [6, 6.07) is 8.70. The number of anilines is 1. The number of aliphatic hydroxyl groups excluding tert-OH is 1. The highest BCUT2D eigenvalue weighted by Crippen LogP contribution is 2.20. The van der Waals surface area contributed by atoms with E-state index >= 15 is 0 Å². The van der Waals surface area contributed by atoms with Crippen molar-refractivity contribution in [2.45, 2.75) is 32.4 Å². The first-order valence-electron chi connectivity index (χ1n) is 6.06. The van der Waals surface area contributed by atoms with Gasteiger partial charge in [-0.3, -0.25) is 0 Å². The summed E-state index contributed by atoms with van der Waals surface area (Å²) in [4.78, 5) is 2.29. The molecule has 1 aromatic carbocycles. The SMILES string of the molecule is CSCCC(C)N(C)c1ccc(C(C)O)cc1. The Hall–Kier alpha value is -0.670. The first-order valence-corrected chi connectivity index (χ1v) is 7.45. The van der Waals surface area contributed by atoms with E-state index in [9.17, 15) is 5.11 Å². The molecular formula is C14H23NOS. The Labute approximate surface area is 109 Å². The molecule has 3 heteroatoms. The number of rotatable bonds is 6. The fourth-order valence-electron chi connectivity index (χ4n) is 1.72. The second-order valence-electron chi connectivity index (χ2n) is 4.51. The number of thioether (sulfide) groups is 1. The summed E-state index contributed by atoms with van der Waals surface area (Å²) in [5.41, 5.74) is 2.18. The standard InChI is InChI=1S/C14H23NOS/c1-11(9-10-17-4)15(3)14-7-5-13(6-8-14)12(2)16/h5-8,11-12,16H,9-10H2,1-4H3. The van der Waals surface area contributed by atoms with Crippen molar-refractivity contribution >= 4 is 17.4 Å². The van der Waals surface area contributed by atoms with Gasteiger partial charge in [0.2, 0.25) is 0 Å². The van der Waals surface area contributed by atoms with Crippen molar-refractivity contribution in [1.29, 1.82) is 0 Å². The van der Waals surface area contributed by atoms with Crippen molar-refractivity contribution in [2.75, 3.05) is 24.0 Å². The minimum atomic E-state index is -0.386. The van der Waals surface area contributed by atoms with Gasteiger partial charge in [0.05, 0.1) is 6.10 Å². The van der Waals surface area contributed by atoms with Gasteiger partial charge in [-0.05, 0) is 50.0 Å². The van der Waals surface area contributed by atoms with Crippen LogP contribution < -0.4 is 4.90 Å². The quantitative estimate of drug-likeness (QED) is 0.841. The summed E-state index contributed by atoms with van der Waals surface area (Å²) in [6.07, 6.45) is 2.95. The number of benzene rings is 1. The van der Waals surface area contributed by atoms with Gasteiger partial charge in [-0.15, -0.1) is 0 Å². The lowest BCUT2D eigenvalue weighted by Crippen LogP contribution is -2.29. The molecule has 2 unspecified atom stereocenters. The molecule has 0 saturated carbocycles. The van der Waals surface area contributed by atoms with E-state index in [-0.39, 0.29) is 6.10 Å². The van der Waals surface area contributed by atoms with Crippen LogP contribution in [-0.4, -0.2) is 30.2 Å².